The lowest BCUT2D eigenvalue weighted by atomic mass is 10.0. The van der Waals surface area contributed by atoms with Gasteiger partial charge >= 0.3 is 0 Å². The second-order valence-electron chi connectivity index (χ2n) is 8.58. The molecule has 0 radical (unpaired) electrons. The largest absolute Gasteiger partial charge is 0.497 e. The maximum atomic E-state index is 13.4. The predicted octanol–water partition coefficient (Wildman–Crippen LogP) is 4.82. The fourth-order valence-electron chi connectivity index (χ4n) is 4.67. The quantitative estimate of drug-likeness (QED) is 0.355. The number of fused-ring (bicyclic) bond motifs is 1. The number of aromatic nitrogens is 3. The Morgan fingerprint density at radius 2 is 1.86 bits per heavy atom. The molecule has 1 atom stereocenters. The van der Waals surface area contributed by atoms with Gasteiger partial charge in [-0.15, -0.1) is 5.10 Å². The molecule has 1 aliphatic heterocycles. The summed E-state index contributed by atoms with van der Waals surface area (Å²) in [5.74, 6) is 1.56. The Labute approximate surface area is 210 Å². The van der Waals surface area contributed by atoms with Gasteiger partial charge in [0.2, 0.25) is 16.7 Å². The van der Waals surface area contributed by atoms with E-state index in [9.17, 15) is 9.50 Å². The minimum absolute atomic E-state index is 0.0640. The van der Waals surface area contributed by atoms with E-state index in [0.717, 1.165) is 48.1 Å². The molecule has 2 aromatic carbocycles. The van der Waals surface area contributed by atoms with Gasteiger partial charge in [0.15, 0.2) is 5.76 Å². The normalized spacial score (nSPS) is 15.4. The molecule has 0 bridgehead atoms. The van der Waals surface area contributed by atoms with Crippen molar-refractivity contribution in [2.45, 2.75) is 6.04 Å². The Bertz CT molecular complexity index is 1470. The van der Waals surface area contributed by atoms with Crippen LogP contribution in [0.5, 0.6) is 11.6 Å². The van der Waals surface area contributed by atoms with Gasteiger partial charge in [0, 0.05) is 31.9 Å². The molecule has 184 valence electrons. The molecule has 8 nitrogen and oxygen atoms in total. The van der Waals surface area contributed by atoms with Crippen LogP contribution >= 0.6 is 11.3 Å². The van der Waals surface area contributed by atoms with Crippen molar-refractivity contribution in [1.82, 2.24) is 19.5 Å². The number of rotatable bonds is 6. The van der Waals surface area contributed by atoms with Crippen molar-refractivity contribution in [2.75, 3.05) is 38.2 Å². The highest BCUT2D eigenvalue weighted by atomic mass is 32.1. The highest BCUT2D eigenvalue weighted by Crippen LogP contribution is 2.41. The summed E-state index contributed by atoms with van der Waals surface area (Å²) in [4.78, 5) is 10.5. The molecule has 0 saturated carbocycles. The number of ether oxygens (including phenoxy) is 1. The second-order valence-corrected chi connectivity index (χ2v) is 9.58. The van der Waals surface area contributed by atoms with Crippen LogP contribution in [0.15, 0.2) is 71.3 Å². The number of furan rings is 1. The fourth-order valence-corrected chi connectivity index (χ4v) is 5.79. The molecule has 3 aromatic heterocycles. The second kappa shape index (κ2) is 9.29. The lowest BCUT2D eigenvalue weighted by Gasteiger charge is -2.40. The Morgan fingerprint density at radius 1 is 1.06 bits per heavy atom. The molecule has 0 aliphatic carbocycles. The number of nitrogens with zero attached hydrogens (tertiary/aromatic N) is 5. The van der Waals surface area contributed by atoms with Crippen LogP contribution in [0, 0.1) is 5.82 Å². The Hall–Kier alpha value is -3.89. The van der Waals surface area contributed by atoms with Crippen molar-refractivity contribution < 1.29 is 18.7 Å². The monoisotopic (exact) mass is 505 g/mol. The number of hydrogen-bond donors (Lipinski definition) is 1. The van der Waals surface area contributed by atoms with Crippen LogP contribution in [0.4, 0.5) is 10.1 Å². The van der Waals surface area contributed by atoms with Crippen LogP contribution in [-0.4, -0.2) is 57.9 Å². The number of methoxy groups -OCH3 is 1. The molecular formula is C26H24FN5O3S. The highest BCUT2D eigenvalue weighted by molar-refractivity contribution is 7.17. The van der Waals surface area contributed by atoms with Gasteiger partial charge in [-0.2, -0.15) is 9.50 Å². The molecule has 4 heterocycles. The van der Waals surface area contributed by atoms with Gasteiger partial charge in [-0.3, -0.25) is 4.90 Å². The van der Waals surface area contributed by atoms with E-state index in [0.29, 0.717) is 16.5 Å². The number of piperazine rings is 1. The molecule has 1 fully saturated rings. The molecule has 0 unspecified atom stereocenters. The summed E-state index contributed by atoms with van der Waals surface area (Å²) in [5.41, 5.74) is 2.01. The van der Waals surface area contributed by atoms with Gasteiger partial charge in [-0.05, 0) is 54.1 Å². The van der Waals surface area contributed by atoms with E-state index < -0.39 is 0 Å². The van der Waals surface area contributed by atoms with E-state index in [1.807, 2.05) is 36.4 Å². The zero-order valence-electron chi connectivity index (χ0n) is 19.5. The van der Waals surface area contributed by atoms with Crippen molar-refractivity contribution in [3.05, 3.63) is 83.2 Å². The van der Waals surface area contributed by atoms with E-state index in [1.54, 1.807) is 25.5 Å². The van der Waals surface area contributed by atoms with Crippen LogP contribution in [0.25, 0.3) is 16.5 Å². The average molecular weight is 506 g/mol. The van der Waals surface area contributed by atoms with E-state index in [-0.39, 0.29) is 17.7 Å². The van der Waals surface area contributed by atoms with Crippen molar-refractivity contribution in [3.8, 4) is 23.2 Å². The predicted molar refractivity (Wildman–Crippen MR) is 135 cm³/mol. The fraction of sp³-hybridized carbons (Fsp3) is 0.231. The van der Waals surface area contributed by atoms with Gasteiger partial charge in [-0.1, -0.05) is 23.5 Å². The number of aromatic hydroxyl groups is 1. The molecule has 10 heteroatoms. The van der Waals surface area contributed by atoms with Gasteiger partial charge < -0.3 is 19.2 Å². The van der Waals surface area contributed by atoms with Crippen LogP contribution in [-0.2, 0) is 0 Å². The van der Waals surface area contributed by atoms with Crippen LogP contribution < -0.4 is 9.64 Å². The highest BCUT2D eigenvalue weighted by Gasteiger charge is 2.32. The topological polar surface area (TPSA) is 79.3 Å². The third kappa shape index (κ3) is 4.08. The molecular weight excluding hydrogens is 481 g/mol. The van der Waals surface area contributed by atoms with E-state index in [4.69, 9.17) is 9.15 Å². The first-order valence-electron chi connectivity index (χ1n) is 11.6. The first-order chi connectivity index (χ1) is 17.6. The molecule has 36 heavy (non-hydrogen) atoms. The molecule has 0 spiro atoms. The lowest BCUT2D eigenvalue weighted by molar-refractivity contribution is 0.211. The van der Waals surface area contributed by atoms with Crippen molar-refractivity contribution in [1.29, 1.82) is 0 Å². The number of hydrogen-bond acceptors (Lipinski definition) is 8. The Balaban J connectivity index is 1.34. The van der Waals surface area contributed by atoms with Crippen molar-refractivity contribution in [2.24, 2.45) is 0 Å². The number of halogens is 1. The van der Waals surface area contributed by atoms with Crippen LogP contribution in [0.3, 0.4) is 0 Å². The summed E-state index contributed by atoms with van der Waals surface area (Å²) in [7, 11) is 1.65. The van der Waals surface area contributed by atoms with E-state index >= 15 is 0 Å². The zero-order valence-corrected chi connectivity index (χ0v) is 20.4. The third-order valence-electron chi connectivity index (χ3n) is 6.47. The van der Waals surface area contributed by atoms with Crippen molar-refractivity contribution >= 4 is 22.0 Å². The summed E-state index contributed by atoms with van der Waals surface area (Å²) in [5, 5.41) is 15.8. The standard InChI is InChI=1S/C26H24FN5O3S/c1-34-20-5-2-4-17(16-20)22(31-13-11-30(12-14-31)19-9-7-18(27)8-10-19)23-25(33)32-26(36-23)28-24(29-32)21-6-3-15-35-21/h2-10,15-16,22,33H,11-14H2,1H3/t22-/m1/s1. The van der Waals surface area contributed by atoms with E-state index in [1.165, 1.54) is 28.0 Å². The molecule has 6 rings (SSSR count). The van der Waals surface area contributed by atoms with E-state index in [2.05, 4.69) is 19.9 Å². The maximum Gasteiger partial charge on any atom is 0.230 e. The summed E-state index contributed by atoms with van der Waals surface area (Å²) in [6.07, 6.45) is 1.57. The smallest absolute Gasteiger partial charge is 0.230 e. The molecule has 1 saturated heterocycles. The molecule has 1 N–H and O–H groups in total. The van der Waals surface area contributed by atoms with Gasteiger partial charge in [0.05, 0.1) is 24.3 Å². The summed E-state index contributed by atoms with van der Waals surface area (Å²) >= 11 is 1.41. The third-order valence-corrected chi connectivity index (χ3v) is 7.54. The SMILES string of the molecule is COc1cccc([C@H](c2sc3nc(-c4ccco4)nn3c2O)N2CCN(c3ccc(F)cc3)CC2)c1. The maximum absolute atomic E-state index is 13.4. The summed E-state index contributed by atoms with van der Waals surface area (Å²) in [6, 6.07) is 17.9. The van der Waals surface area contributed by atoms with Crippen LogP contribution in [0.1, 0.15) is 16.5 Å². The summed E-state index contributed by atoms with van der Waals surface area (Å²) in [6.45, 7) is 3.06. The number of thiazole rings is 1. The van der Waals surface area contributed by atoms with Crippen LogP contribution in [0.2, 0.25) is 0 Å². The lowest BCUT2D eigenvalue weighted by Crippen LogP contribution is -2.47. The van der Waals surface area contributed by atoms with Crippen molar-refractivity contribution in [3.63, 3.8) is 0 Å². The first-order valence-corrected chi connectivity index (χ1v) is 12.4. The van der Waals surface area contributed by atoms with Gasteiger partial charge in [0.25, 0.3) is 0 Å². The Morgan fingerprint density at radius 3 is 2.56 bits per heavy atom. The number of anilines is 1. The zero-order chi connectivity index (χ0) is 24.6. The molecule has 0 amide bonds. The summed E-state index contributed by atoms with van der Waals surface area (Å²) < 4.78 is 25.8. The Kier molecular flexibility index (Phi) is 5.82. The average Bonchev–Trinajstić information content (AvgIpc) is 3.64. The van der Waals surface area contributed by atoms with Gasteiger partial charge in [-0.25, -0.2) is 4.39 Å². The van der Waals surface area contributed by atoms with Gasteiger partial charge in [0.1, 0.15) is 11.6 Å². The minimum Gasteiger partial charge on any atom is -0.497 e. The minimum atomic E-state index is -0.238. The first kappa shape index (κ1) is 22.6. The molecule has 1 aliphatic rings. The number of benzene rings is 2. The molecule has 5 aromatic rings.